The molecule has 0 unspecified atom stereocenters. The Kier molecular flexibility index (Phi) is 5.13. The van der Waals surface area contributed by atoms with Crippen molar-refractivity contribution < 1.29 is 18.4 Å². The third kappa shape index (κ3) is 4.04. The van der Waals surface area contributed by atoms with E-state index in [4.69, 9.17) is 0 Å². The van der Waals surface area contributed by atoms with E-state index in [0.29, 0.717) is 36.2 Å². The summed E-state index contributed by atoms with van der Waals surface area (Å²) >= 11 is 3.17. The van der Waals surface area contributed by atoms with Gasteiger partial charge in [0.05, 0.1) is 0 Å². The number of piperazine rings is 1. The van der Waals surface area contributed by atoms with Gasteiger partial charge in [0, 0.05) is 41.8 Å². The largest absolute Gasteiger partial charge is 0.335 e. The van der Waals surface area contributed by atoms with Crippen molar-refractivity contribution in [1.82, 2.24) is 9.80 Å². The van der Waals surface area contributed by atoms with Gasteiger partial charge in [-0.25, -0.2) is 8.78 Å². The first-order chi connectivity index (χ1) is 11.9. The second-order valence-corrected chi connectivity index (χ2v) is 6.67. The van der Waals surface area contributed by atoms with Crippen LogP contribution in [0.15, 0.2) is 46.9 Å². The maximum Gasteiger partial charge on any atom is 0.254 e. The van der Waals surface area contributed by atoms with Gasteiger partial charge in [-0.1, -0.05) is 15.9 Å². The molecule has 0 atom stereocenters. The van der Waals surface area contributed by atoms with Gasteiger partial charge in [-0.2, -0.15) is 0 Å². The Morgan fingerprint density at radius 3 is 1.80 bits per heavy atom. The van der Waals surface area contributed by atoms with Crippen LogP contribution in [-0.4, -0.2) is 47.8 Å². The van der Waals surface area contributed by atoms with Crippen molar-refractivity contribution in [2.24, 2.45) is 0 Å². The van der Waals surface area contributed by atoms with Gasteiger partial charge in [0.15, 0.2) is 0 Å². The second kappa shape index (κ2) is 7.31. The van der Waals surface area contributed by atoms with E-state index in [9.17, 15) is 18.4 Å². The molecule has 1 aliphatic heterocycles. The number of rotatable bonds is 2. The van der Waals surface area contributed by atoms with Crippen LogP contribution in [0.1, 0.15) is 20.7 Å². The molecule has 1 heterocycles. The molecular formula is C18H15BrF2N2O2. The Balaban J connectivity index is 1.64. The van der Waals surface area contributed by atoms with Gasteiger partial charge in [-0.05, 0) is 42.5 Å². The van der Waals surface area contributed by atoms with Gasteiger partial charge < -0.3 is 9.80 Å². The fraction of sp³-hybridized carbons (Fsp3) is 0.222. The zero-order valence-electron chi connectivity index (χ0n) is 13.2. The van der Waals surface area contributed by atoms with Crippen molar-refractivity contribution in [3.8, 4) is 0 Å². The first-order valence-electron chi connectivity index (χ1n) is 7.74. The molecule has 0 N–H and O–H groups in total. The lowest BCUT2D eigenvalue weighted by Gasteiger charge is -2.35. The van der Waals surface area contributed by atoms with Gasteiger partial charge >= 0.3 is 0 Å². The highest BCUT2D eigenvalue weighted by Crippen LogP contribution is 2.18. The molecule has 2 aromatic rings. The maximum absolute atomic E-state index is 13.5. The molecule has 0 aromatic heterocycles. The zero-order chi connectivity index (χ0) is 18.0. The molecule has 7 heteroatoms. The third-order valence-corrected chi connectivity index (χ3v) is 4.51. The molecule has 4 nitrogen and oxygen atoms in total. The minimum absolute atomic E-state index is 0.194. The average Bonchev–Trinajstić information content (AvgIpc) is 2.60. The fourth-order valence-electron chi connectivity index (χ4n) is 2.75. The predicted molar refractivity (Wildman–Crippen MR) is 92.3 cm³/mol. The Bertz CT molecular complexity index is 783. The second-order valence-electron chi connectivity index (χ2n) is 5.75. The molecule has 1 fully saturated rings. The van der Waals surface area contributed by atoms with Gasteiger partial charge in [0.1, 0.15) is 11.6 Å². The van der Waals surface area contributed by atoms with E-state index in [1.165, 1.54) is 36.4 Å². The Labute approximate surface area is 152 Å². The molecule has 0 saturated carbocycles. The summed E-state index contributed by atoms with van der Waals surface area (Å²) in [5.74, 6) is -1.34. The van der Waals surface area contributed by atoms with Crippen LogP contribution in [0, 0.1) is 11.6 Å². The number of carbonyl (C=O) groups is 2. The number of hydrogen-bond donors (Lipinski definition) is 0. The first kappa shape index (κ1) is 17.5. The Morgan fingerprint density at radius 1 is 0.760 bits per heavy atom. The van der Waals surface area contributed by atoms with Crippen LogP contribution in [0.3, 0.4) is 0 Å². The summed E-state index contributed by atoms with van der Waals surface area (Å²) in [5.41, 5.74) is 0.681. The summed E-state index contributed by atoms with van der Waals surface area (Å²) in [6.45, 7) is 1.47. The van der Waals surface area contributed by atoms with Crippen LogP contribution >= 0.6 is 15.9 Å². The monoisotopic (exact) mass is 408 g/mol. The number of hydrogen-bond acceptors (Lipinski definition) is 2. The lowest BCUT2D eigenvalue weighted by Crippen LogP contribution is -2.50. The van der Waals surface area contributed by atoms with E-state index in [0.717, 1.165) is 0 Å². The van der Waals surface area contributed by atoms with Crippen molar-refractivity contribution in [1.29, 1.82) is 0 Å². The molecule has 3 rings (SSSR count). The summed E-state index contributed by atoms with van der Waals surface area (Å²) < 4.78 is 26.9. The lowest BCUT2D eigenvalue weighted by atomic mass is 10.1. The van der Waals surface area contributed by atoms with E-state index in [2.05, 4.69) is 15.9 Å². The highest BCUT2D eigenvalue weighted by atomic mass is 79.9. The quantitative estimate of drug-likeness (QED) is 0.764. The molecule has 0 bridgehead atoms. The topological polar surface area (TPSA) is 40.6 Å². The first-order valence-corrected chi connectivity index (χ1v) is 8.53. The van der Waals surface area contributed by atoms with Gasteiger partial charge in [0.2, 0.25) is 0 Å². The molecule has 130 valence electrons. The van der Waals surface area contributed by atoms with Gasteiger partial charge in [-0.15, -0.1) is 0 Å². The fourth-order valence-corrected chi connectivity index (χ4v) is 3.21. The number of carbonyl (C=O) groups excluding carboxylic acids is 2. The number of benzene rings is 2. The van der Waals surface area contributed by atoms with Crippen LogP contribution in [-0.2, 0) is 0 Å². The minimum atomic E-state index is -0.483. The molecule has 1 saturated heterocycles. The highest BCUT2D eigenvalue weighted by Gasteiger charge is 2.25. The number of amides is 2. The van der Waals surface area contributed by atoms with Crippen molar-refractivity contribution in [2.75, 3.05) is 26.2 Å². The third-order valence-electron chi connectivity index (χ3n) is 4.05. The van der Waals surface area contributed by atoms with E-state index in [-0.39, 0.29) is 17.4 Å². The summed E-state index contributed by atoms with van der Waals surface area (Å²) in [7, 11) is 0. The SMILES string of the molecule is O=C(c1ccc(F)cc1)N1CCN(C(=O)c2cc(F)cc(Br)c2)CC1. The highest BCUT2D eigenvalue weighted by molar-refractivity contribution is 9.10. The Morgan fingerprint density at radius 2 is 1.28 bits per heavy atom. The Hall–Kier alpha value is -2.28. The van der Waals surface area contributed by atoms with Crippen LogP contribution in [0.5, 0.6) is 0 Å². The lowest BCUT2D eigenvalue weighted by molar-refractivity contribution is 0.0535. The van der Waals surface area contributed by atoms with Crippen LogP contribution in [0.2, 0.25) is 0 Å². The molecule has 0 spiro atoms. The average molecular weight is 409 g/mol. The molecule has 0 aliphatic carbocycles. The van der Waals surface area contributed by atoms with Crippen molar-refractivity contribution in [3.05, 3.63) is 69.7 Å². The van der Waals surface area contributed by atoms with Crippen LogP contribution in [0.25, 0.3) is 0 Å². The normalized spacial score (nSPS) is 14.5. The molecule has 1 aliphatic rings. The van der Waals surface area contributed by atoms with Gasteiger partial charge in [0.25, 0.3) is 11.8 Å². The summed E-state index contributed by atoms with van der Waals surface area (Å²) in [6, 6.07) is 9.43. The smallest absolute Gasteiger partial charge is 0.254 e. The zero-order valence-corrected chi connectivity index (χ0v) is 14.8. The van der Waals surface area contributed by atoms with E-state index >= 15 is 0 Å². The molecule has 2 aromatic carbocycles. The predicted octanol–water partition coefficient (Wildman–Crippen LogP) is 3.33. The van der Waals surface area contributed by atoms with Crippen molar-refractivity contribution >= 4 is 27.7 Å². The number of nitrogens with zero attached hydrogens (tertiary/aromatic N) is 2. The summed E-state index contributed by atoms with van der Waals surface area (Å²) in [6.07, 6.45) is 0. The van der Waals surface area contributed by atoms with Crippen molar-refractivity contribution in [2.45, 2.75) is 0 Å². The van der Waals surface area contributed by atoms with Gasteiger partial charge in [-0.3, -0.25) is 9.59 Å². The molecule has 2 amide bonds. The molecule has 25 heavy (non-hydrogen) atoms. The standard InChI is InChI=1S/C18H15BrF2N2O2/c19-14-9-13(10-16(21)11-14)18(25)23-7-5-22(6-8-23)17(24)12-1-3-15(20)4-2-12/h1-4,9-11H,5-8H2. The molecular weight excluding hydrogens is 394 g/mol. The van der Waals surface area contributed by atoms with Crippen LogP contribution in [0.4, 0.5) is 8.78 Å². The summed E-state index contributed by atoms with van der Waals surface area (Å²) in [5, 5.41) is 0. The maximum atomic E-state index is 13.5. The molecule has 0 radical (unpaired) electrons. The number of halogens is 3. The minimum Gasteiger partial charge on any atom is -0.335 e. The van der Waals surface area contributed by atoms with E-state index < -0.39 is 11.6 Å². The van der Waals surface area contributed by atoms with Crippen molar-refractivity contribution in [3.63, 3.8) is 0 Å². The van der Waals surface area contributed by atoms with E-state index in [1.807, 2.05) is 0 Å². The van der Waals surface area contributed by atoms with E-state index in [1.54, 1.807) is 15.9 Å². The van der Waals surface area contributed by atoms with Crippen LogP contribution < -0.4 is 0 Å². The summed E-state index contributed by atoms with van der Waals surface area (Å²) in [4.78, 5) is 28.1.